The van der Waals surface area contributed by atoms with Crippen LogP contribution in [0.3, 0.4) is 0 Å². The molecule has 0 aromatic rings. The van der Waals surface area contributed by atoms with Gasteiger partial charge in [0.2, 0.25) is 0 Å². The van der Waals surface area contributed by atoms with Gasteiger partial charge in [-0.2, -0.15) is 0 Å². The van der Waals surface area contributed by atoms with Gasteiger partial charge in [-0.15, -0.1) is 0 Å². The molecule has 13 heavy (non-hydrogen) atoms. The molecule has 74 valence electrons. The van der Waals surface area contributed by atoms with Gasteiger partial charge in [0.05, 0.1) is 19.3 Å². The molecule has 1 aliphatic heterocycles. The van der Waals surface area contributed by atoms with Crippen molar-refractivity contribution in [2.24, 2.45) is 5.92 Å². The van der Waals surface area contributed by atoms with Gasteiger partial charge in [-0.3, -0.25) is 0 Å². The van der Waals surface area contributed by atoms with E-state index in [0.717, 1.165) is 19.6 Å². The van der Waals surface area contributed by atoms with Gasteiger partial charge in [0.1, 0.15) is 5.60 Å². The predicted molar refractivity (Wildman–Crippen MR) is 51.6 cm³/mol. The fourth-order valence-corrected chi connectivity index (χ4v) is 2.13. The van der Waals surface area contributed by atoms with Crippen LogP contribution in [0, 0.1) is 5.92 Å². The summed E-state index contributed by atoms with van der Waals surface area (Å²) in [6.45, 7) is 5.90. The third-order valence-corrected chi connectivity index (χ3v) is 3.07. The van der Waals surface area contributed by atoms with Crippen molar-refractivity contribution in [2.45, 2.75) is 38.4 Å². The van der Waals surface area contributed by atoms with Gasteiger partial charge >= 0.3 is 0 Å². The molecule has 2 rings (SSSR count). The summed E-state index contributed by atoms with van der Waals surface area (Å²) in [5.41, 5.74) is -0.0482. The topological polar surface area (TPSA) is 18.5 Å². The molecule has 2 aliphatic rings. The van der Waals surface area contributed by atoms with Gasteiger partial charge in [-0.25, -0.2) is 0 Å². The number of hydrogen-bond donors (Lipinski definition) is 0. The summed E-state index contributed by atoms with van der Waals surface area (Å²) < 4.78 is 11.4. The maximum Gasteiger partial charge on any atom is 0.118 e. The smallest absolute Gasteiger partial charge is 0.118 e. The summed E-state index contributed by atoms with van der Waals surface area (Å²) in [4.78, 5) is 0. The van der Waals surface area contributed by atoms with Crippen LogP contribution in [0.15, 0.2) is 12.2 Å². The zero-order chi connectivity index (χ0) is 9.31. The highest BCUT2D eigenvalue weighted by molar-refractivity contribution is 5.25. The van der Waals surface area contributed by atoms with E-state index in [1.54, 1.807) is 0 Å². The number of hydrogen-bond acceptors (Lipinski definition) is 2. The van der Waals surface area contributed by atoms with Crippen LogP contribution in [0.5, 0.6) is 0 Å². The summed E-state index contributed by atoms with van der Waals surface area (Å²) in [7, 11) is 0. The van der Waals surface area contributed by atoms with E-state index in [2.05, 4.69) is 26.0 Å². The molecule has 0 radical (unpaired) electrons. The van der Waals surface area contributed by atoms with E-state index in [1.165, 1.54) is 6.42 Å². The lowest BCUT2D eigenvalue weighted by atomic mass is 10.2. The lowest BCUT2D eigenvalue weighted by Gasteiger charge is -2.19. The molecule has 0 bridgehead atoms. The average Bonchev–Trinajstić information content (AvgIpc) is 2.74. The van der Waals surface area contributed by atoms with Crippen LogP contribution < -0.4 is 0 Å². The minimum Gasteiger partial charge on any atom is -0.372 e. The van der Waals surface area contributed by atoms with Crippen LogP contribution in [0.25, 0.3) is 0 Å². The van der Waals surface area contributed by atoms with E-state index in [0.29, 0.717) is 12.0 Å². The molecule has 0 amide bonds. The molecule has 1 heterocycles. The lowest BCUT2D eigenvalue weighted by Crippen LogP contribution is -2.27. The van der Waals surface area contributed by atoms with Gasteiger partial charge in [0.15, 0.2) is 0 Å². The van der Waals surface area contributed by atoms with Gasteiger partial charge in [-0.1, -0.05) is 32.4 Å². The van der Waals surface area contributed by atoms with Gasteiger partial charge in [0, 0.05) is 5.92 Å². The Labute approximate surface area is 79.9 Å². The Morgan fingerprint density at radius 2 is 2.31 bits per heavy atom. The average molecular weight is 182 g/mol. The molecule has 0 spiro atoms. The van der Waals surface area contributed by atoms with Crippen LogP contribution in [-0.2, 0) is 9.47 Å². The predicted octanol–water partition coefficient (Wildman–Crippen LogP) is 2.15. The highest BCUT2D eigenvalue weighted by atomic mass is 16.6. The summed E-state index contributed by atoms with van der Waals surface area (Å²) in [5, 5.41) is 0. The van der Waals surface area contributed by atoms with Crippen molar-refractivity contribution >= 4 is 0 Å². The first-order valence-electron chi connectivity index (χ1n) is 5.24. The van der Waals surface area contributed by atoms with E-state index in [4.69, 9.17) is 9.47 Å². The zero-order valence-corrected chi connectivity index (χ0v) is 8.45. The number of allylic oxidation sites excluding steroid dienone is 1. The zero-order valence-electron chi connectivity index (χ0n) is 8.45. The molecule has 2 nitrogen and oxygen atoms in total. The van der Waals surface area contributed by atoms with Crippen LogP contribution >= 0.6 is 0 Å². The number of rotatable bonds is 3. The molecule has 2 fully saturated rings. The summed E-state index contributed by atoms with van der Waals surface area (Å²) in [5.74, 6) is 0.545. The minimum absolute atomic E-state index is 0.0482. The first-order valence-corrected chi connectivity index (χ1v) is 5.24. The van der Waals surface area contributed by atoms with Crippen LogP contribution in [0.1, 0.15) is 26.7 Å². The third-order valence-electron chi connectivity index (χ3n) is 3.07. The minimum atomic E-state index is -0.0482. The highest BCUT2D eigenvalue weighted by Crippen LogP contribution is 2.52. The number of fused-ring (bicyclic) bond motifs is 1. The number of unbranched alkanes of at least 4 members (excludes halogenated alkanes) is 1. The van der Waals surface area contributed by atoms with E-state index >= 15 is 0 Å². The standard InChI is InChI=1S/C11H18O2/c1-3-4-5-6-11-9(2)10(11)12-7-8-13-11/h5-6,9-10H,3-4,7-8H2,1-2H3/b6-5-/t9-,10+,11-/m0/s1. The second-order valence-corrected chi connectivity index (χ2v) is 3.97. The largest absolute Gasteiger partial charge is 0.372 e. The number of ether oxygens (including phenoxy) is 2. The molecule has 0 aromatic heterocycles. The van der Waals surface area contributed by atoms with Gasteiger partial charge < -0.3 is 9.47 Å². The Bertz CT molecular complexity index is 212. The summed E-state index contributed by atoms with van der Waals surface area (Å²) in [6, 6.07) is 0. The van der Waals surface area contributed by atoms with Gasteiger partial charge in [0.25, 0.3) is 0 Å². The molecular weight excluding hydrogens is 164 g/mol. The highest BCUT2D eigenvalue weighted by Gasteiger charge is 2.64. The second kappa shape index (κ2) is 3.43. The third kappa shape index (κ3) is 1.42. The summed E-state index contributed by atoms with van der Waals surface area (Å²) >= 11 is 0. The molecule has 2 heteroatoms. The van der Waals surface area contributed by atoms with Crippen molar-refractivity contribution in [2.75, 3.05) is 13.2 Å². The van der Waals surface area contributed by atoms with Crippen molar-refractivity contribution in [1.29, 1.82) is 0 Å². The molecular formula is C11H18O2. The second-order valence-electron chi connectivity index (χ2n) is 3.97. The van der Waals surface area contributed by atoms with Crippen molar-refractivity contribution in [3.8, 4) is 0 Å². The van der Waals surface area contributed by atoms with Crippen molar-refractivity contribution in [3.63, 3.8) is 0 Å². The van der Waals surface area contributed by atoms with Crippen LogP contribution in [0.2, 0.25) is 0 Å². The molecule has 1 saturated carbocycles. The lowest BCUT2D eigenvalue weighted by molar-refractivity contribution is -0.0708. The van der Waals surface area contributed by atoms with E-state index in [-0.39, 0.29) is 5.60 Å². The van der Waals surface area contributed by atoms with Gasteiger partial charge in [-0.05, 0) is 6.42 Å². The summed E-state index contributed by atoms with van der Waals surface area (Å²) in [6.07, 6.45) is 7.11. The molecule has 3 atom stereocenters. The van der Waals surface area contributed by atoms with Crippen molar-refractivity contribution in [1.82, 2.24) is 0 Å². The maximum absolute atomic E-state index is 5.79. The molecule has 0 N–H and O–H groups in total. The van der Waals surface area contributed by atoms with E-state index < -0.39 is 0 Å². The monoisotopic (exact) mass is 182 g/mol. The van der Waals surface area contributed by atoms with Crippen LogP contribution in [-0.4, -0.2) is 24.9 Å². The maximum atomic E-state index is 5.79. The Morgan fingerprint density at radius 3 is 3.00 bits per heavy atom. The fourth-order valence-electron chi connectivity index (χ4n) is 2.13. The fraction of sp³-hybridized carbons (Fsp3) is 0.818. The Balaban J connectivity index is 1.96. The molecule has 1 saturated heterocycles. The van der Waals surface area contributed by atoms with Crippen molar-refractivity contribution in [3.05, 3.63) is 12.2 Å². The first kappa shape index (κ1) is 9.22. The molecule has 0 aromatic carbocycles. The SMILES string of the molecule is CCC/C=C\[C@@]12OCCO[C@@H]1[C@@H]2C. The van der Waals surface area contributed by atoms with Crippen molar-refractivity contribution < 1.29 is 9.47 Å². The van der Waals surface area contributed by atoms with E-state index in [9.17, 15) is 0 Å². The molecule has 0 unspecified atom stereocenters. The normalized spacial score (nSPS) is 43.5. The van der Waals surface area contributed by atoms with E-state index in [1.807, 2.05) is 0 Å². The van der Waals surface area contributed by atoms with Crippen LogP contribution in [0.4, 0.5) is 0 Å². The Morgan fingerprint density at radius 1 is 1.46 bits per heavy atom. The first-order chi connectivity index (χ1) is 6.31. The molecule has 1 aliphatic carbocycles. The quantitative estimate of drug-likeness (QED) is 0.623. The Hall–Kier alpha value is -0.340. The Kier molecular flexibility index (Phi) is 2.43.